The summed E-state index contributed by atoms with van der Waals surface area (Å²) < 4.78 is 6.00. The minimum atomic E-state index is -0.0460. The molecule has 0 aliphatic carbocycles. The highest BCUT2D eigenvalue weighted by atomic mass is 35.5. The smallest absolute Gasteiger partial charge is 0.251 e. The molecule has 2 aromatic rings. The van der Waals surface area contributed by atoms with E-state index in [0.717, 1.165) is 73.6 Å². The molecule has 0 spiro atoms. The van der Waals surface area contributed by atoms with E-state index in [1.807, 2.05) is 26.0 Å². The zero-order chi connectivity index (χ0) is 22.9. The number of piperidine rings is 1. The van der Waals surface area contributed by atoms with Gasteiger partial charge in [-0.2, -0.15) is 0 Å². The first-order valence-electron chi connectivity index (χ1n) is 11.4. The van der Waals surface area contributed by atoms with E-state index in [2.05, 4.69) is 20.2 Å². The molecule has 0 saturated carbocycles. The third-order valence-electron chi connectivity index (χ3n) is 5.93. The quantitative estimate of drug-likeness (QED) is 0.523. The van der Waals surface area contributed by atoms with Gasteiger partial charge in [-0.1, -0.05) is 11.6 Å². The molecule has 3 N–H and O–H groups in total. The Balaban J connectivity index is 1.40. The second kappa shape index (κ2) is 12.0. The minimum Gasteiger partial charge on any atom is -0.494 e. The summed E-state index contributed by atoms with van der Waals surface area (Å²) >= 11 is 5.87. The number of amides is 1. The molecule has 3 rings (SSSR count). The topological polar surface area (TPSA) is 93.4 Å². The fraction of sp³-hybridized carbons (Fsp3) is 0.542. The molecule has 1 amide bonds. The number of halogens is 1. The van der Waals surface area contributed by atoms with Crippen LogP contribution in [0.1, 0.15) is 53.6 Å². The maximum absolute atomic E-state index is 12.4. The molecule has 1 saturated heterocycles. The number of rotatable bonds is 10. The largest absolute Gasteiger partial charge is 0.494 e. The third-order valence-corrected chi connectivity index (χ3v) is 6.12. The van der Waals surface area contributed by atoms with Gasteiger partial charge in [0.25, 0.3) is 5.91 Å². The van der Waals surface area contributed by atoms with Gasteiger partial charge in [-0.3, -0.25) is 4.79 Å². The van der Waals surface area contributed by atoms with Gasteiger partial charge in [0, 0.05) is 25.2 Å². The Morgan fingerprint density at radius 3 is 2.47 bits per heavy atom. The Morgan fingerprint density at radius 2 is 1.84 bits per heavy atom. The van der Waals surface area contributed by atoms with Crippen molar-refractivity contribution in [1.82, 2.24) is 15.3 Å². The first kappa shape index (κ1) is 24.3. The number of aromatic nitrogens is 2. The predicted molar refractivity (Wildman–Crippen MR) is 129 cm³/mol. The Morgan fingerprint density at radius 1 is 1.19 bits per heavy atom. The normalized spacial score (nSPS) is 14.4. The van der Waals surface area contributed by atoms with E-state index >= 15 is 0 Å². The second-order valence-electron chi connectivity index (χ2n) is 8.45. The van der Waals surface area contributed by atoms with Crippen molar-refractivity contribution in [3.63, 3.8) is 0 Å². The van der Waals surface area contributed by atoms with Crippen molar-refractivity contribution in [2.45, 2.75) is 46.0 Å². The van der Waals surface area contributed by atoms with E-state index in [9.17, 15) is 4.79 Å². The molecule has 32 heavy (non-hydrogen) atoms. The lowest BCUT2D eigenvalue weighted by molar-refractivity contribution is 0.0952. The average molecular weight is 460 g/mol. The van der Waals surface area contributed by atoms with Crippen LogP contribution in [-0.2, 0) is 0 Å². The summed E-state index contributed by atoms with van der Waals surface area (Å²) in [6.45, 7) is 7.70. The highest BCUT2D eigenvalue weighted by Gasteiger charge is 2.21. The fourth-order valence-electron chi connectivity index (χ4n) is 4.21. The van der Waals surface area contributed by atoms with Crippen LogP contribution in [0.3, 0.4) is 0 Å². The molecular formula is C24H34ClN5O2. The van der Waals surface area contributed by atoms with Crippen molar-refractivity contribution in [3.8, 4) is 5.75 Å². The maximum Gasteiger partial charge on any atom is 0.251 e. The van der Waals surface area contributed by atoms with Gasteiger partial charge < -0.3 is 20.7 Å². The summed E-state index contributed by atoms with van der Waals surface area (Å²) in [5.74, 6) is 2.24. The summed E-state index contributed by atoms with van der Waals surface area (Å²) in [6.07, 6.45) is 8.51. The van der Waals surface area contributed by atoms with E-state index in [-0.39, 0.29) is 5.91 Å². The van der Waals surface area contributed by atoms with Crippen LogP contribution in [0.2, 0.25) is 5.02 Å². The van der Waals surface area contributed by atoms with Gasteiger partial charge in [0.05, 0.1) is 24.0 Å². The Hall–Kier alpha value is -2.38. The average Bonchev–Trinajstić information content (AvgIpc) is 2.77. The number of ether oxygens (including phenoxy) is 1. The van der Waals surface area contributed by atoms with E-state index in [0.29, 0.717) is 30.6 Å². The van der Waals surface area contributed by atoms with Crippen molar-refractivity contribution >= 4 is 23.5 Å². The van der Waals surface area contributed by atoms with Crippen molar-refractivity contribution < 1.29 is 9.53 Å². The van der Waals surface area contributed by atoms with Gasteiger partial charge in [0.1, 0.15) is 5.75 Å². The maximum atomic E-state index is 12.4. The molecular weight excluding hydrogens is 426 g/mol. The lowest BCUT2D eigenvalue weighted by Gasteiger charge is -2.32. The molecule has 174 valence electrons. The molecule has 2 heterocycles. The molecule has 1 aromatic carbocycles. The summed E-state index contributed by atoms with van der Waals surface area (Å²) in [5, 5.41) is 3.49. The molecule has 0 unspecified atom stereocenters. The zero-order valence-corrected chi connectivity index (χ0v) is 19.8. The number of hydrogen-bond donors (Lipinski definition) is 2. The minimum absolute atomic E-state index is 0.0460. The fourth-order valence-corrected chi connectivity index (χ4v) is 4.31. The third kappa shape index (κ3) is 6.81. The van der Waals surface area contributed by atoms with Crippen LogP contribution >= 0.6 is 11.6 Å². The molecule has 8 heteroatoms. The van der Waals surface area contributed by atoms with E-state index in [4.69, 9.17) is 22.1 Å². The number of hydrogen-bond acceptors (Lipinski definition) is 6. The lowest BCUT2D eigenvalue weighted by atomic mass is 9.92. The van der Waals surface area contributed by atoms with Gasteiger partial charge in [-0.05, 0) is 81.7 Å². The standard InChI is InChI=1S/C24H34ClN5O2/c1-17-13-21(14-18(2)22(17)23(31)27-9-4-8-26)32-12-3-5-19-6-10-30(11-7-19)24-28-15-20(25)16-29-24/h13-16,19H,3-12,26H2,1-2H3,(H,27,31). The Bertz CT molecular complexity index is 859. The zero-order valence-electron chi connectivity index (χ0n) is 19.1. The molecule has 0 bridgehead atoms. The summed E-state index contributed by atoms with van der Waals surface area (Å²) in [6, 6.07) is 3.91. The number of nitrogens with one attached hydrogen (secondary N) is 1. The van der Waals surface area contributed by atoms with Crippen molar-refractivity contribution in [2.24, 2.45) is 11.7 Å². The van der Waals surface area contributed by atoms with Gasteiger partial charge in [-0.15, -0.1) is 0 Å². The number of nitrogens with zero attached hydrogens (tertiary/aromatic N) is 3. The van der Waals surface area contributed by atoms with Crippen molar-refractivity contribution in [1.29, 1.82) is 0 Å². The highest BCUT2D eigenvalue weighted by molar-refractivity contribution is 6.30. The molecule has 1 aromatic heterocycles. The van der Waals surface area contributed by atoms with Gasteiger partial charge in [0.15, 0.2) is 0 Å². The Labute approximate surface area is 195 Å². The van der Waals surface area contributed by atoms with Gasteiger partial charge >= 0.3 is 0 Å². The van der Waals surface area contributed by atoms with Crippen molar-refractivity contribution in [2.75, 3.05) is 37.7 Å². The van der Waals surface area contributed by atoms with Crippen LogP contribution in [-0.4, -0.2) is 48.7 Å². The van der Waals surface area contributed by atoms with Crippen LogP contribution in [0.15, 0.2) is 24.5 Å². The van der Waals surface area contributed by atoms with Gasteiger partial charge in [-0.25, -0.2) is 9.97 Å². The molecule has 1 aliphatic rings. The number of carbonyl (C=O) groups is 1. The second-order valence-corrected chi connectivity index (χ2v) is 8.89. The molecule has 7 nitrogen and oxygen atoms in total. The highest BCUT2D eigenvalue weighted by Crippen LogP contribution is 2.26. The summed E-state index contributed by atoms with van der Waals surface area (Å²) in [4.78, 5) is 23.3. The number of benzene rings is 1. The van der Waals surface area contributed by atoms with Crippen LogP contribution in [0.25, 0.3) is 0 Å². The van der Waals surface area contributed by atoms with Crippen LogP contribution in [0, 0.1) is 19.8 Å². The molecule has 0 atom stereocenters. The molecule has 1 fully saturated rings. The summed E-state index contributed by atoms with van der Waals surface area (Å²) in [7, 11) is 0. The summed E-state index contributed by atoms with van der Waals surface area (Å²) in [5.41, 5.74) is 8.09. The predicted octanol–water partition coefficient (Wildman–Crippen LogP) is 3.90. The SMILES string of the molecule is Cc1cc(OCCCC2CCN(c3ncc(Cl)cn3)CC2)cc(C)c1C(=O)NCCCN. The van der Waals surface area contributed by atoms with E-state index in [1.54, 1.807) is 12.4 Å². The number of nitrogens with two attached hydrogens (primary N) is 1. The number of anilines is 1. The van der Waals surface area contributed by atoms with Gasteiger partial charge in [0.2, 0.25) is 5.95 Å². The number of aryl methyl sites for hydroxylation is 2. The van der Waals surface area contributed by atoms with Crippen LogP contribution < -0.4 is 20.7 Å². The van der Waals surface area contributed by atoms with Crippen LogP contribution in [0.5, 0.6) is 5.75 Å². The number of carbonyl (C=O) groups excluding carboxylic acids is 1. The molecule has 0 radical (unpaired) electrons. The first-order chi connectivity index (χ1) is 15.5. The van der Waals surface area contributed by atoms with Crippen molar-refractivity contribution in [3.05, 3.63) is 46.2 Å². The van der Waals surface area contributed by atoms with E-state index in [1.165, 1.54) is 0 Å². The van der Waals surface area contributed by atoms with E-state index < -0.39 is 0 Å². The van der Waals surface area contributed by atoms with Crippen LogP contribution in [0.4, 0.5) is 5.95 Å². The first-order valence-corrected chi connectivity index (χ1v) is 11.8. The lowest BCUT2D eigenvalue weighted by Crippen LogP contribution is -2.34. The Kier molecular flexibility index (Phi) is 9.11. The molecule has 1 aliphatic heterocycles. The monoisotopic (exact) mass is 459 g/mol.